The quantitative estimate of drug-likeness (QED) is 0.664. The van der Waals surface area contributed by atoms with Crippen molar-refractivity contribution >= 4 is 18.0 Å². The zero-order chi connectivity index (χ0) is 24.4. The van der Waals surface area contributed by atoms with Gasteiger partial charge in [-0.05, 0) is 35.1 Å². The molecule has 0 bridgehead atoms. The van der Waals surface area contributed by atoms with E-state index in [-0.39, 0.29) is 25.0 Å². The van der Waals surface area contributed by atoms with E-state index in [0.29, 0.717) is 39.0 Å². The Balaban J connectivity index is 1.23. The van der Waals surface area contributed by atoms with Crippen LogP contribution in [0.5, 0.6) is 0 Å². The van der Waals surface area contributed by atoms with Crippen LogP contribution in [-0.4, -0.2) is 77.7 Å². The van der Waals surface area contributed by atoms with E-state index in [2.05, 4.69) is 29.6 Å². The van der Waals surface area contributed by atoms with Crippen LogP contribution in [0, 0.1) is 0 Å². The number of piperazine rings is 1. The Morgan fingerprint density at radius 3 is 2.06 bits per heavy atom. The molecule has 1 saturated heterocycles. The highest BCUT2D eigenvalue weighted by molar-refractivity contribution is 5.90. The number of amides is 2. The first-order valence-corrected chi connectivity index (χ1v) is 12.3. The average Bonchev–Trinajstić information content (AvgIpc) is 3.46. The average molecular weight is 478 g/mol. The zero-order valence-corrected chi connectivity index (χ0v) is 19.7. The monoisotopic (exact) mass is 477 g/mol. The number of carboxylic acid groups (broad SMARTS) is 1. The molecule has 1 aliphatic heterocycles. The summed E-state index contributed by atoms with van der Waals surface area (Å²) in [5.41, 5.74) is 3.68. The van der Waals surface area contributed by atoms with E-state index < -0.39 is 17.6 Å². The second-order valence-corrected chi connectivity index (χ2v) is 9.70. The van der Waals surface area contributed by atoms with Gasteiger partial charge in [0.2, 0.25) is 5.91 Å². The number of ether oxygens (including phenoxy) is 1. The first-order valence-electron chi connectivity index (χ1n) is 12.3. The molecule has 5 rings (SSSR count). The highest BCUT2D eigenvalue weighted by atomic mass is 16.5. The maximum absolute atomic E-state index is 13.5. The molecule has 2 aromatic carbocycles. The Bertz CT molecular complexity index is 1070. The second kappa shape index (κ2) is 9.70. The van der Waals surface area contributed by atoms with Gasteiger partial charge in [-0.2, -0.15) is 0 Å². The summed E-state index contributed by atoms with van der Waals surface area (Å²) in [6, 6.07) is 16.4. The summed E-state index contributed by atoms with van der Waals surface area (Å²) in [7, 11) is 0. The molecule has 184 valence electrons. The molecule has 8 nitrogen and oxygen atoms in total. The van der Waals surface area contributed by atoms with E-state index in [1.807, 2.05) is 29.2 Å². The highest BCUT2D eigenvalue weighted by Gasteiger charge is 2.46. The number of carbonyl (C=O) groups excluding carboxylic acids is 2. The highest BCUT2D eigenvalue weighted by Crippen LogP contribution is 2.44. The molecule has 2 amide bonds. The number of hydrogen-bond acceptors (Lipinski definition) is 5. The van der Waals surface area contributed by atoms with Crippen LogP contribution in [0.4, 0.5) is 4.79 Å². The van der Waals surface area contributed by atoms with Gasteiger partial charge in [0.15, 0.2) is 0 Å². The fourth-order valence-electron chi connectivity index (χ4n) is 5.80. The van der Waals surface area contributed by atoms with Crippen LogP contribution >= 0.6 is 0 Å². The van der Waals surface area contributed by atoms with Crippen LogP contribution in [0.15, 0.2) is 48.5 Å². The summed E-state index contributed by atoms with van der Waals surface area (Å²) >= 11 is 0. The Labute approximate surface area is 204 Å². The van der Waals surface area contributed by atoms with Gasteiger partial charge in [-0.1, -0.05) is 61.4 Å². The Morgan fingerprint density at radius 2 is 1.49 bits per heavy atom. The van der Waals surface area contributed by atoms with Gasteiger partial charge >= 0.3 is 12.1 Å². The van der Waals surface area contributed by atoms with Crippen LogP contribution in [0.2, 0.25) is 0 Å². The van der Waals surface area contributed by atoms with E-state index in [1.54, 1.807) is 4.90 Å². The second-order valence-electron chi connectivity index (χ2n) is 9.70. The standard InChI is InChI=1S/C27H31N3O5/c31-24(32)17-29-13-15-30(16-14-29)25(33)27(11-5-6-12-27)28-26(34)35-18-23-21-9-3-1-7-19(21)20-8-2-4-10-22(20)23/h1-4,7-10,23H,5-6,11-18H2,(H,28,34)(H,31,32). The van der Waals surface area contributed by atoms with E-state index in [9.17, 15) is 14.4 Å². The minimum Gasteiger partial charge on any atom is -0.480 e. The molecular formula is C27H31N3O5. The first-order chi connectivity index (χ1) is 17.0. The normalized spacial score (nSPS) is 19.1. The molecule has 0 atom stereocenters. The number of carbonyl (C=O) groups is 3. The summed E-state index contributed by atoms with van der Waals surface area (Å²) in [5, 5.41) is 12.0. The molecule has 3 aliphatic rings. The summed E-state index contributed by atoms with van der Waals surface area (Å²) in [5.74, 6) is -0.988. The smallest absolute Gasteiger partial charge is 0.408 e. The number of nitrogens with zero attached hydrogens (tertiary/aromatic N) is 2. The lowest BCUT2D eigenvalue weighted by Crippen LogP contribution is -2.61. The van der Waals surface area contributed by atoms with Crippen LogP contribution in [-0.2, 0) is 14.3 Å². The number of rotatable bonds is 6. The van der Waals surface area contributed by atoms with Crippen molar-refractivity contribution in [3.8, 4) is 11.1 Å². The molecule has 2 aromatic rings. The number of aliphatic carboxylic acids is 1. The predicted octanol–water partition coefficient (Wildman–Crippen LogP) is 3.07. The molecule has 2 N–H and O–H groups in total. The minimum atomic E-state index is -0.947. The van der Waals surface area contributed by atoms with Gasteiger partial charge in [0.25, 0.3) is 0 Å². The van der Waals surface area contributed by atoms with Crippen LogP contribution in [0.25, 0.3) is 11.1 Å². The number of carboxylic acids is 1. The van der Waals surface area contributed by atoms with Gasteiger partial charge in [0, 0.05) is 32.1 Å². The van der Waals surface area contributed by atoms with E-state index in [0.717, 1.165) is 24.0 Å². The summed E-state index contributed by atoms with van der Waals surface area (Å²) in [6.07, 6.45) is 2.35. The third kappa shape index (κ3) is 4.62. The first kappa shape index (κ1) is 23.4. The number of fused-ring (bicyclic) bond motifs is 3. The molecule has 0 aromatic heterocycles. The fraction of sp³-hybridized carbons (Fsp3) is 0.444. The van der Waals surface area contributed by atoms with Crippen molar-refractivity contribution in [1.82, 2.24) is 15.1 Å². The summed E-state index contributed by atoms with van der Waals surface area (Å²) in [4.78, 5) is 41.0. The Morgan fingerprint density at radius 1 is 0.914 bits per heavy atom. The maximum Gasteiger partial charge on any atom is 0.408 e. The largest absolute Gasteiger partial charge is 0.480 e. The summed E-state index contributed by atoms with van der Waals surface area (Å²) < 4.78 is 5.73. The van der Waals surface area contributed by atoms with Crippen molar-refractivity contribution in [2.45, 2.75) is 37.1 Å². The topological polar surface area (TPSA) is 99.2 Å². The predicted molar refractivity (Wildman–Crippen MR) is 130 cm³/mol. The molecule has 2 aliphatic carbocycles. The molecular weight excluding hydrogens is 446 g/mol. The zero-order valence-electron chi connectivity index (χ0n) is 19.7. The van der Waals surface area contributed by atoms with Crippen molar-refractivity contribution in [1.29, 1.82) is 0 Å². The lowest BCUT2D eigenvalue weighted by atomic mass is 9.95. The molecule has 1 heterocycles. The number of alkyl carbamates (subject to hydrolysis) is 1. The molecule has 8 heteroatoms. The molecule has 1 saturated carbocycles. The SMILES string of the molecule is O=C(O)CN1CCN(C(=O)C2(NC(=O)OCC3c4ccccc4-c4ccccc43)CCCC2)CC1. The Kier molecular flexibility index (Phi) is 6.47. The maximum atomic E-state index is 13.5. The number of hydrogen-bond donors (Lipinski definition) is 2. The summed E-state index contributed by atoms with van der Waals surface area (Å²) in [6.45, 7) is 2.13. The van der Waals surface area contributed by atoms with Gasteiger partial charge < -0.3 is 20.1 Å². The van der Waals surface area contributed by atoms with Crippen molar-refractivity contribution in [3.05, 3.63) is 59.7 Å². The van der Waals surface area contributed by atoms with Crippen LogP contribution in [0.3, 0.4) is 0 Å². The van der Waals surface area contributed by atoms with Crippen molar-refractivity contribution < 1.29 is 24.2 Å². The van der Waals surface area contributed by atoms with Gasteiger partial charge in [-0.3, -0.25) is 14.5 Å². The molecule has 35 heavy (non-hydrogen) atoms. The van der Waals surface area contributed by atoms with E-state index in [1.165, 1.54) is 11.1 Å². The molecule has 0 spiro atoms. The van der Waals surface area contributed by atoms with Crippen LogP contribution in [0.1, 0.15) is 42.7 Å². The number of nitrogens with one attached hydrogen (secondary N) is 1. The molecule has 0 unspecified atom stereocenters. The lowest BCUT2D eigenvalue weighted by molar-refractivity contribution is -0.141. The minimum absolute atomic E-state index is 0.0226. The van der Waals surface area contributed by atoms with Gasteiger partial charge in [0.1, 0.15) is 12.1 Å². The third-order valence-corrected chi connectivity index (χ3v) is 7.57. The van der Waals surface area contributed by atoms with Crippen molar-refractivity contribution in [2.24, 2.45) is 0 Å². The van der Waals surface area contributed by atoms with Gasteiger partial charge in [0.05, 0.1) is 6.54 Å². The fourth-order valence-corrected chi connectivity index (χ4v) is 5.80. The number of benzene rings is 2. The van der Waals surface area contributed by atoms with Crippen molar-refractivity contribution in [2.75, 3.05) is 39.3 Å². The lowest BCUT2D eigenvalue weighted by Gasteiger charge is -2.39. The van der Waals surface area contributed by atoms with Gasteiger partial charge in [-0.15, -0.1) is 0 Å². The van der Waals surface area contributed by atoms with Gasteiger partial charge in [-0.25, -0.2) is 4.79 Å². The third-order valence-electron chi connectivity index (χ3n) is 7.57. The van der Waals surface area contributed by atoms with E-state index in [4.69, 9.17) is 9.84 Å². The van der Waals surface area contributed by atoms with E-state index >= 15 is 0 Å². The molecule has 2 fully saturated rings. The Hall–Kier alpha value is -3.39. The van der Waals surface area contributed by atoms with Crippen molar-refractivity contribution in [3.63, 3.8) is 0 Å². The van der Waals surface area contributed by atoms with Crippen LogP contribution < -0.4 is 5.32 Å². The molecule has 0 radical (unpaired) electrons.